The zero-order chi connectivity index (χ0) is 101. The minimum Gasteiger partial charge on any atom is -0.478 e. The lowest BCUT2D eigenvalue weighted by Crippen LogP contribution is -2.45. The zero-order valence-electron chi connectivity index (χ0n) is 81.1. The van der Waals surface area contributed by atoms with Crippen LogP contribution in [-0.4, -0.2) is 162 Å². The molecule has 4 aliphatic heterocycles. The van der Waals surface area contributed by atoms with E-state index in [0.717, 1.165) is 75.4 Å². The maximum absolute atomic E-state index is 14.7. The van der Waals surface area contributed by atoms with E-state index in [1.54, 1.807) is 66.0 Å². The first kappa shape index (κ1) is 109. The average Bonchev–Trinajstić information content (AvgIpc) is 1.55. The maximum Gasteiger partial charge on any atom is 0.410 e. The molecular formula is C97H125Br3F2N18O14S3. The second-order valence-corrected chi connectivity index (χ2v) is 49.2. The topological polar surface area (TPSA) is 438 Å². The predicted octanol–water partition coefficient (Wildman–Crippen LogP) is 19.8. The number of likely N-dealkylation sites (tertiary alicyclic amines) is 2. The number of aromatic nitrogens is 9. The molecule has 13 heterocycles. The lowest BCUT2D eigenvalue weighted by Gasteiger charge is -2.34. The Kier molecular flexibility index (Phi) is 34.2. The molecule has 0 spiro atoms. The SMILES string of the molecule is CC(C)(C)OC(=O)N1C[C@@H](CCC(Nc2cccc(S(=O)(=O)NC(=O)c3ccc(C(C)(C)C)nc3F)n2)c2ccc(Br)cn2)CC1(C)C.CC(C)(C)OC(=O)N1C[C@@H](CCC(Nc2cccc(S(N)(=O)=O)n2)c2ccc(Br)cn2)CC1(C)C.CC(C)(C)c1ccc(C(=O)O)c(F)n1.CC(C)(C)c1ccc2c(n1)N1C[C@@H](CCC(c3ccc(Br)cn3)Nc3cccc(n3)S(=O)(=O)NC2=O)CC1(C)C. The number of nitrogens with zero attached hydrogens (tertiary/aromatic N) is 12. The number of hydrogen-bond acceptors (Lipinski definition) is 26. The van der Waals surface area contributed by atoms with Gasteiger partial charge in [0.25, 0.3) is 41.9 Å². The van der Waals surface area contributed by atoms with Gasteiger partial charge in [-0.15, -0.1) is 0 Å². The number of halogens is 5. The van der Waals surface area contributed by atoms with Crippen LogP contribution in [-0.2, 0) is 55.8 Å². The monoisotopic (exact) mass is 2140 g/mol. The number of fused-ring (bicyclic) bond motifs is 6. The maximum atomic E-state index is 14.7. The molecule has 9 aromatic rings. The van der Waals surface area contributed by atoms with Gasteiger partial charge >= 0.3 is 18.2 Å². The highest BCUT2D eigenvalue weighted by Gasteiger charge is 2.47. The Labute approximate surface area is 827 Å². The highest BCUT2D eigenvalue weighted by molar-refractivity contribution is 9.11. The Bertz CT molecular complexity index is 6220. The van der Waals surface area contributed by atoms with Crippen molar-refractivity contribution in [1.82, 2.24) is 64.1 Å². The standard InChI is InChI=1S/C34H44BrFN6O5S.C29H35BrN6O3S.C24H34BrN5O4S.C10H12FNO2/c1-32(2,3)26-17-14-23(29(36)39-26)30(43)41-48(45,46)28-11-9-10-27(40-28)38-25(24-16-13-22(35)19-37-24)15-12-21-18-34(7,8)42(20-21)31(44)47-33(4,5)6;1-28(2,3)23-14-11-20-26(33-23)36-17-18(15-29(36,4)5)9-12-22(21-13-10-19(30)16-31-21)32-24-7-6-8-25(34-24)40(38,39)35-27(20)37;1-23(2,3)34-22(31)30-15-16(13-24(30,4)5)9-11-19(18-12-10-17(25)14-27-18)28-20-7-6-8-21(29-20)35(26,32)33;1-10(2,3)7-5-4-6(9(13)14)8(11)12-7/h9-11,13-14,16-17,19,21,25H,12,15,18,20H2,1-8H3,(H,38,40)(H,41,43);6-8,10-11,13-14,16,18,22H,9,12,15,17H2,1-5H3,(H,32,34)(H,35,37);6-8,10,12,14,16,19H,9,11,13,15H2,1-5H3,(H,28,29)(H2,26,32,33);4-5H,1-3H3,(H,13,14)/t21-,25?;18-,22?;16-,19?;/m000./s1. The largest absolute Gasteiger partial charge is 0.478 e. The van der Waals surface area contributed by atoms with Gasteiger partial charge in [-0.3, -0.25) is 24.5 Å². The summed E-state index contributed by atoms with van der Waals surface area (Å²) < 4.78 is 122. The van der Waals surface area contributed by atoms with Crippen LogP contribution in [0.15, 0.2) is 174 Å². The number of primary sulfonamides is 1. The van der Waals surface area contributed by atoms with Crippen LogP contribution in [0.2, 0.25) is 0 Å². The smallest absolute Gasteiger partial charge is 0.410 e. The molecule has 4 aliphatic rings. The highest BCUT2D eigenvalue weighted by Crippen LogP contribution is 2.44. The third-order valence-electron chi connectivity index (χ3n) is 23.3. The first-order valence-electron chi connectivity index (χ1n) is 44.9. The van der Waals surface area contributed by atoms with Crippen molar-refractivity contribution in [2.75, 3.05) is 40.5 Å². The molecule has 740 valence electrons. The minimum atomic E-state index is -4.47. The fourth-order valence-corrected chi connectivity index (χ4v) is 19.5. The molecular weight excluding hydrogens is 2020 g/mol. The summed E-state index contributed by atoms with van der Waals surface area (Å²) in [5, 5.41) is 23.0. The summed E-state index contributed by atoms with van der Waals surface area (Å²) in [5.41, 5.74) is 0.372. The minimum absolute atomic E-state index is 0.187. The summed E-state index contributed by atoms with van der Waals surface area (Å²) in [6.45, 7) is 42.9. The zero-order valence-corrected chi connectivity index (χ0v) is 88.3. The Morgan fingerprint density at radius 2 is 1.00 bits per heavy atom. The number of hydrogen-bond donors (Lipinski definition) is 7. The number of amides is 4. The molecule has 0 radical (unpaired) electrons. The number of aromatic carboxylic acids is 1. The Hall–Kier alpha value is -10.4. The molecule has 40 heteroatoms. The molecule has 8 N–H and O–H groups in total. The Balaban J connectivity index is 0.000000200. The molecule has 0 aromatic carbocycles. The normalized spacial score (nSPS) is 18.5. The predicted molar refractivity (Wildman–Crippen MR) is 531 cm³/mol. The fraction of sp³-hybridized carbons (Fsp3) is 0.485. The van der Waals surface area contributed by atoms with Gasteiger partial charge in [0.1, 0.15) is 40.0 Å². The van der Waals surface area contributed by atoms with Gasteiger partial charge < -0.3 is 45.2 Å². The van der Waals surface area contributed by atoms with Gasteiger partial charge in [-0.1, -0.05) is 80.5 Å². The number of ether oxygens (including phenoxy) is 2. The van der Waals surface area contributed by atoms with Crippen molar-refractivity contribution in [3.05, 3.63) is 222 Å². The van der Waals surface area contributed by atoms with Crippen LogP contribution >= 0.6 is 47.8 Å². The van der Waals surface area contributed by atoms with E-state index in [1.165, 1.54) is 48.5 Å². The van der Waals surface area contributed by atoms with Crippen LogP contribution in [0.1, 0.15) is 287 Å². The summed E-state index contributed by atoms with van der Waals surface area (Å²) >= 11 is 10.3. The quantitative estimate of drug-likeness (QED) is 0.0392. The van der Waals surface area contributed by atoms with E-state index in [1.807, 2.05) is 143 Å². The number of pyridine rings is 9. The molecule has 3 saturated heterocycles. The summed E-state index contributed by atoms with van der Waals surface area (Å²) in [6.07, 6.45) is 11.6. The molecule has 137 heavy (non-hydrogen) atoms. The van der Waals surface area contributed by atoms with Crippen LogP contribution in [0, 0.1) is 29.6 Å². The number of carboxylic acid groups (broad SMARTS) is 1. The lowest BCUT2D eigenvalue weighted by atomic mass is 9.90. The molecule has 3 unspecified atom stereocenters. The highest BCUT2D eigenvalue weighted by atomic mass is 79.9. The van der Waals surface area contributed by atoms with Crippen LogP contribution in [0.4, 0.5) is 41.6 Å². The molecule has 13 rings (SSSR count). The van der Waals surface area contributed by atoms with E-state index in [9.17, 15) is 58.0 Å². The van der Waals surface area contributed by atoms with E-state index in [2.05, 4.69) is 162 Å². The van der Waals surface area contributed by atoms with Gasteiger partial charge in [-0.05, 0) is 316 Å². The molecule has 32 nitrogen and oxygen atoms in total. The molecule has 3 fully saturated rings. The second-order valence-electron chi connectivity index (χ2n) is 41.7. The number of carboxylic acids is 1. The van der Waals surface area contributed by atoms with Gasteiger partial charge in [-0.25, -0.2) is 67.3 Å². The van der Waals surface area contributed by atoms with E-state index in [-0.39, 0.29) is 91.0 Å². The van der Waals surface area contributed by atoms with Crippen molar-refractivity contribution in [3.63, 3.8) is 0 Å². The number of carbonyl (C=O) groups is 5. The number of sulfonamides is 3. The van der Waals surface area contributed by atoms with Gasteiger partial charge in [0.15, 0.2) is 15.1 Å². The van der Waals surface area contributed by atoms with E-state index < -0.39 is 92.5 Å². The number of carbonyl (C=O) groups excluding carboxylic acids is 4. The number of nitrogens with two attached hydrogens (primary N) is 1. The molecule has 0 saturated carbocycles. The molecule has 4 amide bonds. The summed E-state index contributed by atoms with van der Waals surface area (Å²) in [7, 11) is -12.7. The van der Waals surface area contributed by atoms with Gasteiger partial charge in [0, 0.05) is 102 Å². The van der Waals surface area contributed by atoms with Crippen LogP contribution < -0.4 is 35.4 Å². The van der Waals surface area contributed by atoms with Crippen molar-refractivity contribution >= 4 is 131 Å². The Morgan fingerprint density at radius 1 is 0.547 bits per heavy atom. The van der Waals surface area contributed by atoms with E-state index >= 15 is 0 Å². The molecule has 9 aromatic heterocycles. The van der Waals surface area contributed by atoms with Crippen LogP contribution in [0.5, 0.6) is 0 Å². The van der Waals surface area contributed by atoms with Gasteiger partial charge in [0.2, 0.25) is 11.9 Å². The van der Waals surface area contributed by atoms with Crippen molar-refractivity contribution in [3.8, 4) is 0 Å². The number of rotatable bonds is 18. The lowest BCUT2D eigenvalue weighted by molar-refractivity contribution is 0.0118. The third kappa shape index (κ3) is 30.1. The number of nitrogens with one attached hydrogen (secondary N) is 5. The summed E-state index contributed by atoms with van der Waals surface area (Å²) in [4.78, 5) is 107. The van der Waals surface area contributed by atoms with Crippen molar-refractivity contribution in [1.29, 1.82) is 0 Å². The molecule has 4 bridgehead atoms. The third-order valence-corrected chi connectivity index (χ3v) is 28.0. The fourth-order valence-electron chi connectivity index (χ4n) is 16.5. The van der Waals surface area contributed by atoms with Crippen molar-refractivity contribution < 1.29 is 72.6 Å². The van der Waals surface area contributed by atoms with E-state index in [4.69, 9.17) is 24.7 Å². The van der Waals surface area contributed by atoms with E-state index in [0.29, 0.717) is 72.9 Å². The first-order chi connectivity index (χ1) is 63.3. The first-order valence-corrected chi connectivity index (χ1v) is 51.8. The molecule has 6 atom stereocenters. The average molecular weight is 2140 g/mol. The summed E-state index contributed by atoms with van der Waals surface area (Å²) in [5.74, 6) is -2.83. The second kappa shape index (κ2) is 43.1. The molecule has 0 aliphatic carbocycles. The van der Waals surface area contributed by atoms with Crippen LogP contribution in [0.3, 0.4) is 0 Å². The van der Waals surface area contributed by atoms with Gasteiger partial charge in [-0.2, -0.15) is 25.6 Å². The van der Waals surface area contributed by atoms with Crippen molar-refractivity contribution in [2.45, 2.75) is 280 Å². The van der Waals surface area contributed by atoms with Gasteiger partial charge in [0.05, 0.1) is 46.3 Å². The van der Waals surface area contributed by atoms with Crippen molar-refractivity contribution in [2.24, 2.45) is 22.9 Å². The Morgan fingerprint density at radius 3 is 1.45 bits per heavy atom. The number of anilines is 4. The van der Waals surface area contributed by atoms with Crippen LogP contribution in [0.25, 0.3) is 0 Å². The summed E-state index contributed by atoms with van der Waals surface area (Å²) in [6, 6.07) is 33.4.